The predicted molar refractivity (Wildman–Crippen MR) is 88.3 cm³/mol. The molecule has 2 aliphatic rings. The minimum Gasteiger partial charge on any atom is -0.381 e. The average molecular weight is 316 g/mol. The van der Waals surface area contributed by atoms with Crippen LogP contribution in [-0.4, -0.2) is 43.0 Å². The predicted octanol–water partition coefficient (Wildman–Crippen LogP) is 2.53. The molecule has 2 fully saturated rings. The summed E-state index contributed by atoms with van der Waals surface area (Å²) in [6, 6.07) is 7.18. The summed E-state index contributed by atoms with van der Waals surface area (Å²) >= 11 is 0. The number of anilines is 1. The van der Waals surface area contributed by atoms with E-state index in [-0.39, 0.29) is 17.7 Å². The SMILES string of the molecule is CC1CCN(C(=O)c2ccc(NC(=O)C3CCOC3)cc2)CC1. The van der Waals surface area contributed by atoms with Gasteiger partial charge in [-0.2, -0.15) is 0 Å². The summed E-state index contributed by atoms with van der Waals surface area (Å²) in [5, 5.41) is 2.89. The maximum Gasteiger partial charge on any atom is 0.253 e. The smallest absolute Gasteiger partial charge is 0.253 e. The molecule has 1 unspecified atom stereocenters. The third kappa shape index (κ3) is 3.91. The van der Waals surface area contributed by atoms with E-state index in [0.717, 1.165) is 38.0 Å². The molecule has 0 bridgehead atoms. The van der Waals surface area contributed by atoms with Gasteiger partial charge in [-0.15, -0.1) is 0 Å². The maximum absolute atomic E-state index is 12.5. The molecule has 1 N–H and O–H groups in total. The monoisotopic (exact) mass is 316 g/mol. The van der Waals surface area contributed by atoms with Crippen molar-refractivity contribution in [2.45, 2.75) is 26.2 Å². The number of carbonyl (C=O) groups excluding carboxylic acids is 2. The van der Waals surface area contributed by atoms with Gasteiger partial charge in [-0.05, 0) is 49.4 Å². The minimum atomic E-state index is -0.0633. The van der Waals surface area contributed by atoms with Gasteiger partial charge in [0.25, 0.3) is 5.91 Å². The maximum atomic E-state index is 12.5. The Kier molecular flexibility index (Phi) is 4.96. The van der Waals surface area contributed by atoms with Gasteiger partial charge in [0.2, 0.25) is 5.91 Å². The Bertz CT molecular complexity index is 556. The quantitative estimate of drug-likeness (QED) is 0.932. The van der Waals surface area contributed by atoms with Gasteiger partial charge in [0, 0.05) is 30.9 Å². The van der Waals surface area contributed by atoms with Crippen LogP contribution in [0.2, 0.25) is 0 Å². The molecule has 1 aromatic carbocycles. The third-order valence-electron chi connectivity index (χ3n) is 4.77. The summed E-state index contributed by atoms with van der Waals surface area (Å²) in [6.45, 7) is 5.05. The van der Waals surface area contributed by atoms with Crippen molar-refractivity contribution < 1.29 is 14.3 Å². The lowest BCUT2D eigenvalue weighted by atomic mass is 9.98. The Morgan fingerprint density at radius 2 is 1.83 bits per heavy atom. The molecule has 0 saturated carbocycles. The number of piperidine rings is 1. The highest BCUT2D eigenvalue weighted by Gasteiger charge is 2.24. The largest absolute Gasteiger partial charge is 0.381 e. The van der Waals surface area contributed by atoms with Crippen LogP contribution in [0.1, 0.15) is 36.5 Å². The van der Waals surface area contributed by atoms with Crippen molar-refractivity contribution in [2.24, 2.45) is 11.8 Å². The van der Waals surface area contributed by atoms with Gasteiger partial charge in [-0.25, -0.2) is 0 Å². The van der Waals surface area contributed by atoms with Crippen LogP contribution in [0.5, 0.6) is 0 Å². The molecule has 23 heavy (non-hydrogen) atoms. The topological polar surface area (TPSA) is 58.6 Å². The number of rotatable bonds is 3. The van der Waals surface area contributed by atoms with Crippen molar-refractivity contribution in [1.82, 2.24) is 4.90 Å². The molecule has 0 radical (unpaired) electrons. The Balaban J connectivity index is 1.58. The zero-order chi connectivity index (χ0) is 16.2. The van der Waals surface area contributed by atoms with Crippen molar-refractivity contribution in [1.29, 1.82) is 0 Å². The summed E-state index contributed by atoms with van der Waals surface area (Å²) in [5.74, 6) is 0.716. The number of hydrogen-bond acceptors (Lipinski definition) is 3. The summed E-state index contributed by atoms with van der Waals surface area (Å²) in [4.78, 5) is 26.4. The second-order valence-electron chi connectivity index (χ2n) is 6.60. The number of amides is 2. The Hall–Kier alpha value is -1.88. The second kappa shape index (κ2) is 7.13. The molecule has 5 nitrogen and oxygen atoms in total. The van der Waals surface area contributed by atoms with Crippen molar-refractivity contribution in [3.8, 4) is 0 Å². The van der Waals surface area contributed by atoms with Crippen LogP contribution in [-0.2, 0) is 9.53 Å². The Morgan fingerprint density at radius 3 is 2.43 bits per heavy atom. The zero-order valence-electron chi connectivity index (χ0n) is 13.6. The molecular weight excluding hydrogens is 292 g/mol. The highest BCUT2D eigenvalue weighted by atomic mass is 16.5. The van der Waals surface area contributed by atoms with E-state index < -0.39 is 0 Å². The number of nitrogens with one attached hydrogen (secondary N) is 1. The first-order chi connectivity index (χ1) is 11.1. The second-order valence-corrected chi connectivity index (χ2v) is 6.60. The van der Waals surface area contributed by atoms with Crippen LogP contribution < -0.4 is 5.32 Å². The number of carbonyl (C=O) groups is 2. The molecule has 0 spiro atoms. The van der Waals surface area contributed by atoms with Crippen molar-refractivity contribution in [3.63, 3.8) is 0 Å². The molecule has 5 heteroatoms. The lowest BCUT2D eigenvalue weighted by Gasteiger charge is -2.30. The molecule has 2 aliphatic heterocycles. The first-order valence-electron chi connectivity index (χ1n) is 8.41. The highest BCUT2D eigenvalue weighted by molar-refractivity contribution is 5.96. The van der Waals surface area contributed by atoms with Crippen LogP contribution in [0.4, 0.5) is 5.69 Å². The fraction of sp³-hybridized carbons (Fsp3) is 0.556. The van der Waals surface area contributed by atoms with E-state index >= 15 is 0 Å². The number of hydrogen-bond donors (Lipinski definition) is 1. The summed E-state index contributed by atoms with van der Waals surface area (Å²) < 4.78 is 5.23. The number of ether oxygens (including phenoxy) is 1. The lowest BCUT2D eigenvalue weighted by Crippen LogP contribution is -2.37. The van der Waals surface area contributed by atoms with Crippen molar-refractivity contribution in [3.05, 3.63) is 29.8 Å². The van der Waals surface area contributed by atoms with Crippen LogP contribution in [0, 0.1) is 11.8 Å². The Labute approximate surface area is 137 Å². The van der Waals surface area contributed by atoms with E-state index in [1.807, 2.05) is 4.90 Å². The molecule has 1 atom stereocenters. The number of nitrogens with zero attached hydrogens (tertiary/aromatic N) is 1. The molecular formula is C18H24N2O3. The first kappa shape index (κ1) is 16.0. The molecule has 1 aromatic rings. The van der Waals surface area contributed by atoms with E-state index in [0.29, 0.717) is 24.7 Å². The van der Waals surface area contributed by atoms with E-state index in [9.17, 15) is 9.59 Å². The zero-order valence-corrected chi connectivity index (χ0v) is 13.6. The normalized spacial score (nSPS) is 22.1. The van der Waals surface area contributed by atoms with Gasteiger partial charge in [-0.1, -0.05) is 6.92 Å². The number of likely N-dealkylation sites (tertiary alicyclic amines) is 1. The van der Waals surface area contributed by atoms with Gasteiger partial charge in [-0.3, -0.25) is 9.59 Å². The Morgan fingerprint density at radius 1 is 1.13 bits per heavy atom. The van der Waals surface area contributed by atoms with Gasteiger partial charge >= 0.3 is 0 Å². The van der Waals surface area contributed by atoms with Crippen LogP contribution in [0.3, 0.4) is 0 Å². The van der Waals surface area contributed by atoms with Crippen molar-refractivity contribution in [2.75, 3.05) is 31.6 Å². The molecule has 0 aliphatic carbocycles. The summed E-state index contributed by atoms with van der Waals surface area (Å²) in [7, 11) is 0. The van der Waals surface area contributed by atoms with Gasteiger partial charge in [0.05, 0.1) is 12.5 Å². The molecule has 124 valence electrons. The lowest BCUT2D eigenvalue weighted by molar-refractivity contribution is -0.119. The van der Waals surface area contributed by atoms with E-state index in [4.69, 9.17) is 4.74 Å². The first-order valence-corrected chi connectivity index (χ1v) is 8.41. The molecule has 2 saturated heterocycles. The number of benzene rings is 1. The van der Waals surface area contributed by atoms with E-state index in [1.54, 1.807) is 24.3 Å². The van der Waals surface area contributed by atoms with Crippen LogP contribution in [0.15, 0.2) is 24.3 Å². The fourth-order valence-electron chi connectivity index (χ4n) is 3.08. The van der Waals surface area contributed by atoms with Crippen LogP contribution in [0.25, 0.3) is 0 Å². The van der Waals surface area contributed by atoms with Gasteiger partial charge in [0.15, 0.2) is 0 Å². The highest BCUT2D eigenvalue weighted by Crippen LogP contribution is 2.20. The van der Waals surface area contributed by atoms with Crippen LogP contribution >= 0.6 is 0 Å². The third-order valence-corrected chi connectivity index (χ3v) is 4.77. The van der Waals surface area contributed by atoms with Crippen molar-refractivity contribution >= 4 is 17.5 Å². The van der Waals surface area contributed by atoms with Gasteiger partial charge in [0.1, 0.15) is 0 Å². The molecule has 3 rings (SSSR count). The minimum absolute atomic E-state index is 0.00778. The average Bonchev–Trinajstić information content (AvgIpc) is 3.10. The standard InChI is InChI=1S/C18H24N2O3/c1-13-6-9-20(10-7-13)18(22)14-2-4-16(5-3-14)19-17(21)15-8-11-23-12-15/h2-5,13,15H,6-12H2,1H3,(H,19,21). The molecule has 0 aromatic heterocycles. The summed E-state index contributed by atoms with van der Waals surface area (Å²) in [5.41, 5.74) is 1.41. The fourth-order valence-corrected chi connectivity index (χ4v) is 3.08. The van der Waals surface area contributed by atoms with E-state index in [1.165, 1.54) is 0 Å². The van der Waals surface area contributed by atoms with E-state index in [2.05, 4.69) is 12.2 Å². The van der Waals surface area contributed by atoms with Gasteiger partial charge < -0.3 is 15.0 Å². The molecule has 2 heterocycles. The molecule has 2 amide bonds. The summed E-state index contributed by atoms with van der Waals surface area (Å²) in [6.07, 6.45) is 2.92.